The molecular weight excluding hydrogens is 1010 g/mol. The van der Waals surface area contributed by atoms with Crippen molar-refractivity contribution in [1.82, 2.24) is 20.6 Å². The third-order valence-electron chi connectivity index (χ3n) is 11.4. The van der Waals surface area contributed by atoms with Gasteiger partial charge in [-0.3, -0.25) is 24.0 Å². The molecular formula is C53H72N5O17P. The highest BCUT2D eigenvalue weighted by atomic mass is 31.2. The second kappa shape index (κ2) is 31.6. The summed E-state index contributed by atoms with van der Waals surface area (Å²) >= 11 is 0. The molecule has 3 amide bonds. The zero-order valence-electron chi connectivity index (χ0n) is 44.8. The number of ether oxygens (including phenoxy) is 9. The summed E-state index contributed by atoms with van der Waals surface area (Å²) in [4.78, 5) is 74.7. The van der Waals surface area contributed by atoms with Crippen LogP contribution >= 0.6 is 8.53 Å². The molecule has 1 saturated heterocycles. The monoisotopic (exact) mass is 1080 g/mol. The lowest BCUT2D eigenvalue weighted by Gasteiger charge is -2.44. The average Bonchev–Trinajstić information content (AvgIpc) is 3.38. The number of nitrogens with one attached hydrogen (secondary N) is 3. The van der Waals surface area contributed by atoms with Crippen LogP contribution < -0.4 is 25.4 Å². The molecule has 1 heterocycles. The maximum Gasteiger partial charge on any atom is 0.407 e. The Balaban J connectivity index is 1.50. The fourth-order valence-corrected chi connectivity index (χ4v) is 9.87. The van der Waals surface area contributed by atoms with E-state index in [0.29, 0.717) is 11.5 Å². The topological polar surface area (TPSA) is 267 Å². The van der Waals surface area contributed by atoms with Crippen molar-refractivity contribution < 1.29 is 80.4 Å². The van der Waals surface area contributed by atoms with Gasteiger partial charge in [-0.05, 0) is 75.1 Å². The predicted molar refractivity (Wildman–Crippen MR) is 275 cm³/mol. The lowest BCUT2D eigenvalue weighted by atomic mass is 9.80. The fraction of sp³-hybridized carbons (Fsp3) is 0.528. The van der Waals surface area contributed by atoms with Gasteiger partial charge in [-0.1, -0.05) is 54.6 Å². The Morgan fingerprint density at radius 3 is 1.83 bits per heavy atom. The first-order valence-electron chi connectivity index (χ1n) is 24.8. The summed E-state index contributed by atoms with van der Waals surface area (Å²) in [7, 11) is 1.34. The van der Waals surface area contributed by atoms with Crippen molar-refractivity contribution >= 4 is 44.3 Å². The van der Waals surface area contributed by atoms with E-state index in [4.69, 9.17) is 51.7 Å². The van der Waals surface area contributed by atoms with Crippen molar-refractivity contribution in [3.63, 3.8) is 0 Å². The van der Waals surface area contributed by atoms with Crippen molar-refractivity contribution in [2.45, 2.75) is 123 Å². The second-order valence-corrected chi connectivity index (χ2v) is 19.3. The van der Waals surface area contributed by atoms with Gasteiger partial charge in [0.2, 0.25) is 11.8 Å². The average molecular weight is 1080 g/mol. The van der Waals surface area contributed by atoms with Gasteiger partial charge in [-0.15, -0.1) is 0 Å². The van der Waals surface area contributed by atoms with Crippen LogP contribution in [0.3, 0.4) is 0 Å². The number of hydrogen-bond acceptors (Lipinski definition) is 19. The zero-order valence-corrected chi connectivity index (χ0v) is 45.7. The highest BCUT2D eigenvalue weighted by molar-refractivity contribution is 7.44. The normalized spacial score (nSPS) is 18.1. The van der Waals surface area contributed by atoms with Crippen LogP contribution in [0.1, 0.15) is 84.9 Å². The molecule has 416 valence electrons. The van der Waals surface area contributed by atoms with Crippen LogP contribution in [0.15, 0.2) is 78.9 Å². The molecule has 23 heteroatoms. The minimum atomic E-state index is -1.84. The van der Waals surface area contributed by atoms with Crippen LogP contribution in [0.5, 0.6) is 11.5 Å². The molecule has 1 unspecified atom stereocenters. The molecule has 0 bridgehead atoms. The Morgan fingerprint density at radius 2 is 1.30 bits per heavy atom. The molecule has 3 aromatic carbocycles. The first-order chi connectivity index (χ1) is 36.3. The molecule has 1 fully saturated rings. The molecule has 0 aromatic heterocycles. The Kier molecular flexibility index (Phi) is 25.8. The van der Waals surface area contributed by atoms with Crippen molar-refractivity contribution in [2.75, 3.05) is 60.3 Å². The molecule has 3 aromatic rings. The minimum Gasteiger partial charge on any atom is -0.497 e. The highest BCUT2D eigenvalue weighted by Gasteiger charge is 2.51. The molecule has 0 aliphatic carbocycles. The number of carbonyl (C=O) groups excluding carboxylic acids is 6. The summed E-state index contributed by atoms with van der Waals surface area (Å²) in [5.74, 6) is -2.15. The van der Waals surface area contributed by atoms with Gasteiger partial charge in [0.15, 0.2) is 18.5 Å². The maximum atomic E-state index is 13.4. The van der Waals surface area contributed by atoms with E-state index in [1.54, 1.807) is 14.2 Å². The summed E-state index contributed by atoms with van der Waals surface area (Å²) in [5.41, 5.74) is 1.08. The number of rotatable bonds is 30. The van der Waals surface area contributed by atoms with Crippen LogP contribution in [0.25, 0.3) is 0 Å². The summed E-state index contributed by atoms with van der Waals surface area (Å²) in [5, 5.41) is 17.3. The van der Waals surface area contributed by atoms with E-state index in [2.05, 4.69) is 26.7 Å². The SMILES string of the molecule is COc1ccc(C(OC[C@H](COC(=O)NCCCNC(=O)CO[C@@H]2O[C@H](COC(C)=O)[C@H](OC(C)=O)[C@H](OC(C)=O)[C@H]2NC(C)=O)OP(OCCC#N)N(C(C)C)C(C)C)(c2ccccc2)c2ccc(OC)cc2)cc1. The third-order valence-corrected chi connectivity index (χ3v) is 13.5. The predicted octanol–water partition coefficient (Wildman–Crippen LogP) is 5.58. The molecule has 76 heavy (non-hydrogen) atoms. The number of carbonyl (C=O) groups is 6. The van der Waals surface area contributed by atoms with E-state index in [1.165, 1.54) is 6.92 Å². The van der Waals surface area contributed by atoms with Gasteiger partial charge in [-0.2, -0.15) is 5.26 Å². The Labute approximate surface area is 445 Å². The van der Waals surface area contributed by atoms with Gasteiger partial charge in [0, 0.05) is 52.9 Å². The van der Waals surface area contributed by atoms with Crippen LogP contribution in [0.2, 0.25) is 0 Å². The Hall–Kier alpha value is -6.44. The van der Waals surface area contributed by atoms with Crippen LogP contribution in [0.4, 0.5) is 4.79 Å². The van der Waals surface area contributed by atoms with Gasteiger partial charge in [0.25, 0.3) is 8.53 Å². The highest BCUT2D eigenvalue weighted by Crippen LogP contribution is 2.48. The first-order valence-corrected chi connectivity index (χ1v) is 25.9. The smallest absolute Gasteiger partial charge is 0.407 e. The quantitative estimate of drug-likeness (QED) is 0.0242. The minimum absolute atomic E-state index is 0.0403. The first kappa shape index (κ1) is 62.1. The molecule has 0 saturated carbocycles. The van der Waals surface area contributed by atoms with E-state index in [-0.39, 0.29) is 57.8 Å². The molecule has 22 nitrogen and oxygen atoms in total. The second-order valence-electron chi connectivity index (χ2n) is 17.8. The summed E-state index contributed by atoms with van der Waals surface area (Å²) in [6.07, 6.45) is -6.70. The number of alkyl carbamates (subject to hydrolysis) is 1. The lowest BCUT2D eigenvalue weighted by molar-refractivity contribution is -0.276. The molecule has 7 atom stereocenters. The van der Waals surface area contributed by atoms with Gasteiger partial charge in [-0.25, -0.2) is 9.46 Å². The van der Waals surface area contributed by atoms with E-state index in [1.807, 2.05) is 107 Å². The maximum absolute atomic E-state index is 13.4. The van der Waals surface area contributed by atoms with E-state index in [9.17, 15) is 34.0 Å². The van der Waals surface area contributed by atoms with Gasteiger partial charge in [0.05, 0.1) is 39.9 Å². The standard InChI is InChI=1S/C53H72N5O17P/c1-34(2)58(35(3)4)76(71-29-14-26-54)75-45(31-70-53(40-16-12-11-13-17-40,41-18-22-43(65-9)23-19-41)42-20-24-44(66-10)25-21-42)30-69-52(64)56-28-15-27-55-47(63)33-68-51-48(57-36(5)59)50(73-39(8)62)49(72-38(7)61)46(74-51)32-67-37(6)60/h11-13,16-25,34-35,45-46,48-51H,14-15,27-33H2,1-10H3,(H,55,63)(H,56,64)(H,57,59)/t45-,46+,48+,49-,50+,51+,76?/m0/s1. The van der Waals surface area contributed by atoms with Crippen LogP contribution in [-0.2, 0) is 71.8 Å². The Morgan fingerprint density at radius 1 is 0.737 bits per heavy atom. The zero-order chi connectivity index (χ0) is 55.8. The largest absolute Gasteiger partial charge is 0.497 e. The van der Waals surface area contributed by atoms with Crippen LogP contribution in [-0.4, -0.2) is 150 Å². The number of benzene rings is 3. The summed E-state index contributed by atoms with van der Waals surface area (Å²) in [6.45, 7) is 11.4. The summed E-state index contributed by atoms with van der Waals surface area (Å²) in [6, 6.07) is 25.5. The van der Waals surface area contributed by atoms with E-state index >= 15 is 0 Å². The van der Waals surface area contributed by atoms with Gasteiger partial charge >= 0.3 is 24.0 Å². The lowest BCUT2D eigenvalue weighted by Crippen LogP contribution is -2.66. The van der Waals surface area contributed by atoms with Crippen LogP contribution in [0, 0.1) is 11.3 Å². The van der Waals surface area contributed by atoms with Crippen molar-refractivity contribution in [2.24, 2.45) is 0 Å². The molecule has 0 radical (unpaired) electrons. The number of nitrogens with zero attached hydrogens (tertiary/aromatic N) is 2. The number of hydrogen-bond donors (Lipinski definition) is 3. The fourth-order valence-electron chi connectivity index (χ4n) is 8.19. The number of nitriles is 1. The van der Waals surface area contributed by atoms with Crippen molar-refractivity contribution in [1.29, 1.82) is 5.26 Å². The van der Waals surface area contributed by atoms with E-state index < -0.39 is 99.9 Å². The molecule has 3 N–H and O–H groups in total. The molecule has 1 aliphatic heterocycles. The summed E-state index contributed by atoms with van der Waals surface area (Å²) < 4.78 is 66.8. The van der Waals surface area contributed by atoms with Gasteiger partial charge in [0.1, 0.15) is 55.2 Å². The number of methoxy groups -OCH3 is 2. The van der Waals surface area contributed by atoms with Gasteiger partial charge < -0.3 is 67.6 Å². The molecule has 1 aliphatic rings. The van der Waals surface area contributed by atoms with Crippen molar-refractivity contribution in [3.8, 4) is 17.6 Å². The Bertz CT molecular complexity index is 2300. The van der Waals surface area contributed by atoms with Crippen molar-refractivity contribution in [3.05, 3.63) is 95.6 Å². The van der Waals surface area contributed by atoms with E-state index in [0.717, 1.165) is 37.5 Å². The third kappa shape index (κ3) is 19.0. The number of amides is 3. The number of esters is 3. The molecule has 0 spiro atoms. The molecule has 4 rings (SSSR count).